The molecule has 0 radical (unpaired) electrons. The van der Waals surface area contributed by atoms with Gasteiger partial charge in [-0.3, -0.25) is 4.90 Å². The molecule has 0 bridgehead atoms. The molecule has 2 rings (SSSR count). The molecule has 1 aliphatic heterocycles. The maximum atomic E-state index is 11.6. The Morgan fingerprint density at radius 3 is 2.81 bits per heavy atom. The van der Waals surface area contributed by atoms with Crippen LogP contribution in [0.5, 0.6) is 0 Å². The molecule has 0 spiro atoms. The van der Waals surface area contributed by atoms with Crippen LogP contribution in [-0.2, 0) is 4.74 Å². The smallest absolute Gasteiger partial charge is 0.414 e. The lowest BCUT2D eigenvalue weighted by atomic mass is 10.0. The molecule has 2 N–H and O–H groups in total. The zero-order chi connectivity index (χ0) is 11.4. The summed E-state index contributed by atoms with van der Waals surface area (Å²) in [6.07, 6.45) is 0.621. The van der Waals surface area contributed by atoms with Crippen molar-refractivity contribution in [3.8, 4) is 0 Å². The highest BCUT2D eigenvalue weighted by atomic mass is 16.6. The van der Waals surface area contributed by atoms with E-state index in [0.717, 1.165) is 12.1 Å². The van der Waals surface area contributed by atoms with Gasteiger partial charge in [-0.2, -0.15) is 0 Å². The second-order valence-electron chi connectivity index (χ2n) is 3.97. The fraction of sp³-hybridized carbons (Fsp3) is 0.417. The first-order valence-corrected chi connectivity index (χ1v) is 5.50. The SMILES string of the molecule is NCCC1COC(=O)N(c2ccccc2)C1. The minimum absolute atomic E-state index is 0.264. The van der Waals surface area contributed by atoms with E-state index in [0.29, 0.717) is 25.6 Å². The van der Waals surface area contributed by atoms with Gasteiger partial charge in [0, 0.05) is 18.2 Å². The van der Waals surface area contributed by atoms with E-state index in [1.807, 2.05) is 30.3 Å². The highest BCUT2D eigenvalue weighted by Gasteiger charge is 2.27. The van der Waals surface area contributed by atoms with Crippen molar-refractivity contribution in [1.29, 1.82) is 0 Å². The molecule has 4 heteroatoms. The number of benzene rings is 1. The summed E-state index contributed by atoms with van der Waals surface area (Å²) in [4.78, 5) is 13.3. The summed E-state index contributed by atoms with van der Waals surface area (Å²) in [5.74, 6) is 0.336. The molecule has 0 aromatic heterocycles. The predicted molar refractivity (Wildman–Crippen MR) is 62.3 cm³/mol. The minimum atomic E-state index is -0.264. The largest absolute Gasteiger partial charge is 0.449 e. The average Bonchev–Trinajstić information content (AvgIpc) is 2.33. The van der Waals surface area contributed by atoms with Gasteiger partial charge in [0.15, 0.2) is 0 Å². The third kappa shape index (κ3) is 2.33. The van der Waals surface area contributed by atoms with E-state index < -0.39 is 0 Å². The van der Waals surface area contributed by atoms with Gasteiger partial charge < -0.3 is 10.5 Å². The van der Waals surface area contributed by atoms with Crippen LogP contribution < -0.4 is 10.6 Å². The maximum Gasteiger partial charge on any atom is 0.414 e. The van der Waals surface area contributed by atoms with Crippen LogP contribution in [0.15, 0.2) is 30.3 Å². The minimum Gasteiger partial charge on any atom is -0.449 e. The molecule has 1 aromatic rings. The lowest BCUT2D eigenvalue weighted by Crippen LogP contribution is -2.43. The van der Waals surface area contributed by atoms with Crippen molar-refractivity contribution < 1.29 is 9.53 Å². The van der Waals surface area contributed by atoms with Gasteiger partial charge in [0.1, 0.15) is 0 Å². The van der Waals surface area contributed by atoms with Crippen LogP contribution >= 0.6 is 0 Å². The zero-order valence-corrected chi connectivity index (χ0v) is 9.13. The number of rotatable bonds is 3. The second-order valence-corrected chi connectivity index (χ2v) is 3.97. The Kier molecular flexibility index (Phi) is 3.41. The second kappa shape index (κ2) is 4.99. The normalized spacial score (nSPS) is 20.7. The number of cyclic esters (lactones) is 1. The van der Waals surface area contributed by atoms with Crippen molar-refractivity contribution in [2.75, 3.05) is 24.6 Å². The number of carbonyl (C=O) groups is 1. The van der Waals surface area contributed by atoms with Gasteiger partial charge in [0.05, 0.1) is 6.61 Å². The molecule has 16 heavy (non-hydrogen) atoms. The van der Waals surface area contributed by atoms with Crippen LogP contribution in [0, 0.1) is 5.92 Å². The average molecular weight is 220 g/mol. The van der Waals surface area contributed by atoms with Crippen molar-refractivity contribution in [3.05, 3.63) is 30.3 Å². The van der Waals surface area contributed by atoms with E-state index in [-0.39, 0.29) is 6.09 Å². The van der Waals surface area contributed by atoms with E-state index in [2.05, 4.69) is 0 Å². The van der Waals surface area contributed by atoms with Gasteiger partial charge in [0.25, 0.3) is 0 Å². The van der Waals surface area contributed by atoms with Crippen LogP contribution in [-0.4, -0.2) is 25.8 Å². The molecule has 1 aliphatic rings. The molecule has 0 aliphatic carbocycles. The number of nitrogens with zero attached hydrogens (tertiary/aromatic N) is 1. The van der Waals surface area contributed by atoms with Crippen LogP contribution in [0.3, 0.4) is 0 Å². The number of nitrogens with two attached hydrogens (primary N) is 1. The molecule has 1 fully saturated rings. The Morgan fingerprint density at radius 1 is 1.38 bits per heavy atom. The van der Waals surface area contributed by atoms with E-state index in [4.69, 9.17) is 10.5 Å². The Bertz CT molecular complexity index is 353. The number of anilines is 1. The Balaban J connectivity index is 2.10. The first kappa shape index (κ1) is 11.0. The fourth-order valence-corrected chi connectivity index (χ4v) is 1.88. The highest BCUT2D eigenvalue weighted by Crippen LogP contribution is 2.21. The van der Waals surface area contributed by atoms with Crippen LogP contribution in [0.4, 0.5) is 10.5 Å². The van der Waals surface area contributed by atoms with E-state index in [9.17, 15) is 4.79 Å². The standard InChI is InChI=1S/C12H16N2O2/c13-7-6-10-8-14(12(15)16-9-10)11-4-2-1-3-5-11/h1-5,10H,6-9,13H2. The predicted octanol–water partition coefficient (Wildman–Crippen LogP) is 1.61. The number of amides is 1. The lowest BCUT2D eigenvalue weighted by Gasteiger charge is -2.32. The molecule has 0 saturated carbocycles. The number of para-hydroxylation sites is 1. The first-order valence-electron chi connectivity index (χ1n) is 5.50. The van der Waals surface area contributed by atoms with Gasteiger partial charge in [0.2, 0.25) is 0 Å². The van der Waals surface area contributed by atoms with E-state index in [1.165, 1.54) is 0 Å². The van der Waals surface area contributed by atoms with Crippen molar-refractivity contribution in [1.82, 2.24) is 0 Å². The molecule has 1 unspecified atom stereocenters. The number of hydrogen-bond acceptors (Lipinski definition) is 3. The number of carbonyl (C=O) groups excluding carboxylic acids is 1. The molecule has 1 atom stereocenters. The van der Waals surface area contributed by atoms with Crippen LogP contribution in [0.2, 0.25) is 0 Å². The van der Waals surface area contributed by atoms with E-state index in [1.54, 1.807) is 4.90 Å². The summed E-state index contributed by atoms with van der Waals surface area (Å²) >= 11 is 0. The zero-order valence-electron chi connectivity index (χ0n) is 9.13. The summed E-state index contributed by atoms with van der Waals surface area (Å²) in [6.45, 7) is 1.81. The fourth-order valence-electron chi connectivity index (χ4n) is 1.88. The molecular formula is C12H16N2O2. The topological polar surface area (TPSA) is 55.6 Å². The third-order valence-corrected chi connectivity index (χ3v) is 2.75. The number of hydrogen-bond donors (Lipinski definition) is 1. The summed E-state index contributed by atoms with van der Waals surface area (Å²) in [7, 11) is 0. The third-order valence-electron chi connectivity index (χ3n) is 2.75. The van der Waals surface area contributed by atoms with Gasteiger partial charge >= 0.3 is 6.09 Å². The number of ether oxygens (including phenoxy) is 1. The van der Waals surface area contributed by atoms with Crippen molar-refractivity contribution in [2.45, 2.75) is 6.42 Å². The molecule has 86 valence electrons. The summed E-state index contributed by atoms with van der Waals surface area (Å²) in [5.41, 5.74) is 6.40. The first-order chi connectivity index (χ1) is 7.81. The highest BCUT2D eigenvalue weighted by molar-refractivity contribution is 5.88. The quantitative estimate of drug-likeness (QED) is 0.842. The van der Waals surface area contributed by atoms with Crippen LogP contribution in [0.25, 0.3) is 0 Å². The molecule has 1 amide bonds. The summed E-state index contributed by atoms with van der Waals surface area (Å²) < 4.78 is 5.14. The van der Waals surface area contributed by atoms with Gasteiger partial charge in [-0.05, 0) is 25.1 Å². The van der Waals surface area contributed by atoms with E-state index >= 15 is 0 Å². The molecule has 1 saturated heterocycles. The van der Waals surface area contributed by atoms with Crippen molar-refractivity contribution in [2.24, 2.45) is 11.7 Å². The Labute approximate surface area is 95.0 Å². The summed E-state index contributed by atoms with van der Waals surface area (Å²) in [5, 5.41) is 0. The molecule has 4 nitrogen and oxygen atoms in total. The Hall–Kier alpha value is -1.55. The summed E-state index contributed by atoms with van der Waals surface area (Å²) in [6, 6.07) is 9.57. The van der Waals surface area contributed by atoms with Crippen molar-refractivity contribution >= 4 is 11.8 Å². The molecule has 1 heterocycles. The monoisotopic (exact) mass is 220 g/mol. The lowest BCUT2D eigenvalue weighted by molar-refractivity contribution is 0.113. The molecular weight excluding hydrogens is 204 g/mol. The molecule has 1 aromatic carbocycles. The van der Waals surface area contributed by atoms with Gasteiger partial charge in [-0.1, -0.05) is 18.2 Å². The van der Waals surface area contributed by atoms with Crippen LogP contribution in [0.1, 0.15) is 6.42 Å². The van der Waals surface area contributed by atoms with Gasteiger partial charge in [-0.25, -0.2) is 4.79 Å². The van der Waals surface area contributed by atoms with Gasteiger partial charge in [-0.15, -0.1) is 0 Å². The van der Waals surface area contributed by atoms with Crippen molar-refractivity contribution in [3.63, 3.8) is 0 Å². The maximum absolute atomic E-state index is 11.6. The Morgan fingerprint density at radius 2 is 2.12 bits per heavy atom.